The average molecular weight is 338 g/mol. The van der Waals surface area contributed by atoms with Crippen molar-refractivity contribution in [3.05, 3.63) is 65.5 Å². The Morgan fingerprint density at radius 2 is 2.08 bits per heavy atom. The Balaban J connectivity index is 1.79. The van der Waals surface area contributed by atoms with E-state index in [1.807, 2.05) is 30.5 Å². The van der Waals surface area contributed by atoms with Crippen molar-refractivity contribution in [3.8, 4) is 0 Å². The fourth-order valence-electron chi connectivity index (χ4n) is 3.44. The first kappa shape index (κ1) is 17.6. The predicted octanol–water partition coefficient (Wildman–Crippen LogP) is 2.32. The van der Waals surface area contributed by atoms with Gasteiger partial charge in [0.15, 0.2) is 0 Å². The molecule has 5 heteroatoms. The molecule has 0 saturated carbocycles. The van der Waals surface area contributed by atoms with Gasteiger partial charge >= 0.3 is 0 Å². The second kappa shape index (κ2) is 8.74. The molecule has 1 aliphatic rings. The van der Waals surface area contributed by atoms with Crippen molar-refractivity contribution < 1.29 is 4.79 Å². The van der Waals surface area contributed by atoms with E-state index in [2.05, 4.69) is 27.3 Å². The number of nitrogens with one attached hydrogen (secondary N) is 1. The van der Waals surface area contributed by atoms with Gasteiger partial charge in [0.05, 0.1) is 5.69 Å². The van der Waals surface area contributed by atoms with Crippen molar-refractivity contribution in [3.63, 3.8) is 0 Å². The van der Waals surface area contributed by atoms with Crippen molar-refractivity contribution in [2.75, 3.05) is 13.1 Å². The van der Waals surface area contributed by atoms with Crippen molar-refractivity contribution in [1.82, 2.24) is 15.2 Å². The van der Waals surface area contributed by atoms with E-state index in [0.717, 1.165) is 43.9 Å². The number of benzene rings is 1. The summed E-state index contributed by atoms with van der Waals surface area (Å²) >= 11 is 0. The summed E-state index contributed by atoms with van der Waals surface area (Å²) in [5.74, 6) is -0.378. The van der Waals surface area contributed by atoms with Crippen LogP contribution in [0, 0.1) is 0 Å². The highest BCUT2D eigenvalue weighted by atomic mass is 16.1. The summed E-state index contributed by atoms with van der Waals surface area (Å²) < 4.78 is 0. The molecule has 3 N–H and O–H groups in total. The number of nitrogens with two attached hydrogens (primary N) is 1. The number of primary amides is 1. The molecule has 1 saturated heterocycles. The number of nitrogens with zero attached hydrogens (tertiary/aromatic N) is 2. The van der Waals surface area contributed by atoms with Crippen LogP contribution in [-0.2, 0) is 13.1 Å². The highest BCUT2D eigenvalue weighted by Crippen LogP contribution is 2.20. The first-order valence-electron chi connectivity index (χ1n) is 8.96. The molecule has 0 bridgehead atoms. The van der Waals surface area contributed by atoms with E-state index in [0.29, 0.717) is 11.6 Å². The lowest BCUT2D eigenvalue weighted by Crippen LogP contribution is -2.35. The van der Waals surface area contributed by atoms with Crippen molar-refractivity contribution in [2.24, 2.45) is 5.73 Å². The number of carbonyl (C=O) groups excluding carboxylic acids is 1. The third-order valence-electron chi connectivity index (χ3n) is 4.75. The maximum absolute atomic E-state index is 11.5. The first-order chi connectivity index (χ1) is 12.2. The number of aromatic nitrogens is 1. The van der Waals surface area contributed by atoms with E-state index in [-0.39, 0.29) is 5.91 Å². The summed E-state index contributed by atoms with van der Waals surface area (Å²) in [4.78, 5) is 18.4. The molecule has 1 atom stereocenters. The lowest BCUT2D eigenvalue weighted by Gasteiger charge is -2.31. The Morgan fingerprint density at radius 1 is 1.16 bits per heavy atom. The van der Waals surface area contributed by atoms with Crippen LogP contribution in [0.2, 0.25) is 0 Å². The van der Waals surface area contributed by atoms with Gasteiger partial charge in [0.2, 0.25) is 5.91 Å². The molecule has 2 heterocycles. The zero-order chi connectivity index (χ0) is 17.5. The first-order valence-corrected chi connectivity index (χ1v) is 8.96. The minimum Gasteiger partial charge on any atom is -0.366 e. The lowest BCUT2D eigenvalue weighted by atomic mass is 10.0. The van der Waals surface area contributed by atoms with Crippen LogP contribution >= 0.6 is 0 Å². The van der Waals surface area contributed by atoms with Gasteiger partial charge in [-0.2, -0.15) is 0 Å². The number of pyridine rings is 1. The second-order valence-electron chi connectivity index (χ2n) is 6.63. The largest absolute Gasteiger partial charge is 0.366 e. The van der Waals surface area contributed by atoms with Gasteiger partial charge in [0, 0.05) is 30.9 Å². The standard InChI is InChI=1S/C20H26N4O/c21-20(25)17-6-3-5-16(13-17)14-24(15-18-7-1-2-11-23-18)19-8-4-10-22-12-9-19/h1-3,5-7,11,13,19,22H,4,8-10,12,14-15H2,(H2,21,25). The van der Waals surface area contributed by atoms with Crippen LogP contribution in [0.15, 0.2) is 48.7 Å². The van der Waals surface area contributed by atoms with Crippen LogP contribution in [-0.4, -0.2) is 34.9 Å². The summed E-state index contributed by atoms with van der Waals surface area (Å²) in [5.41, 5.74) is 8.19. The summed E-state index contributed by atoms with van der Waals surface area (Å²) in [6, 6.07) is 14.2. The molecular formula is C20H26N4O. The third kappa shape index (κ3) is 5.11. The molecule has 132 valence electrons. The van der Waals surface area contributed by atoms with Crippen molar-refractivity contribution in [2.45, 2.75) is 38.4 Å². The van der Waals surface area contributed by atoms with Crippen molar-refractivity contribution in [1.29, 1.82) is 0 Å². The van der Waals surface area contributed by atoms with Crippen molar-refractivity contribution >= 4 is 5.91 Å². The Bertz CT molecular complexity index is 681. The van der Waals surface area contributed by atoms with Gasteiger partial charge in [0.25, 0.3) is 0 Å². The Morgan fingerprint density at radius 3 is 2.88 bits per heavy atom. The van der Waals surface area contributed by atoms with Gasteiger partial charge in [-0.1, -0.05) is 18.2 Å². The van der Waals surface area contributed by atoms with Crippen LogP contribution in [0.3, 0.4) is 0 Å². The van der Waals surface area contributed by atoms with Crippen LogP contribution < -0.4 is 11.1 Å². The van der Waals surface area contributed by atoms with Gasteiger partial charge < -0.3 is 11.1 Å². The second-order valence-corrected chi connectivity index (χ2v) is 6.63. The number of amides is 1. The van der Waals surface area contributed by atoms with E-state index in [9.17, 15) is 4.79 Å². The topological polar surface area (TPSA) is 71.2 Å². The highest BCUT2D eigenvalue weighted by Gasteiger charge is 2.21. The average Bonchev–Trinajstić information content (AvgIpc) is 2.92. The quantitative estimate of drug-likeness (QED) is 0.848. The fourth-order valence-corrected chi connectivity index (χ4v) is 3.44. The van der Waals surface area contributed by atoms with Crippen LogP contribution in [0.25, 0.3) is 0 Å². The molecule has 5 nitrogen and oxygen atoms in total. The predicted molar refractivity (Wildman–Crippen MR) is 99.0 cm³/mol. The van der Waals surface area contributed by atoms with E-state index in [1.165, 1.54) is 12.8 Å². The summed E-state index contributed by atoms with van der Waals surface area (Å²) in [5, 5.41) is 3.48. The molecule has 25 heavy (non-hydrogen) atoms. The number of hydrogen-bond donors (Lipinski definition) is 2. The van der Waals surface area contributed by atoms with E-state index < -0.39 is 0 Å². The molecule has 1 fully saturated rings. The minimum atomic E-state index is -0.378. The normalized spacial score (nSPS) is 18.0. The molecule has 0 aliphatic carbocycles. The molecule has 1 amide bonds. The molecule has 2 aromatic rings. The smallest absolute Gasteiger partial charge is 0.248 e. The number of rotatable bonds is 6. The SMILES string of the molecule is NC(=O)c1cccc(CN(Cc2ccccn2)C2CCCNCC2)c1. The Kier molecular flexibility index (Phi) is 6.14. The van der Waals surface area contributed by atoms with Crippen LogP contribution in [0.1, 0.15) is 40.9 Å². The fraction of sp³-hybridized carbons (Fsp3) is 0.400. The van der Waals surface area contributed by atoms with Gasteiger partial charge in [-0.25, -0.2) is 0 Å². The molecule has 1 aromatic carbocycles. The zero-order valence-electron chi connectivity index (χ0n) is 14.5. The van der Waals surface area contributed by atoms with Crippen LogP contribution in [0.5, 0.6) is 0 Å². The molecule has 1 unspecified atom stereocenters. The zero-order valence-corrected chi connectivity index (χ0v) is 14.5. The van der Waals surface area contributed by atoms with E-state index >= 15 is 0 Å². The van der Waals surface area contributed by atoms with Crippen LogP contribution in [0.4, 0.5) is 0 Å². The Labute approximate surface area is 149 Å². The number of carbonyl (C=O) groups is 1. The van der Waals surface area contributed by atoms with E-state index in [4.69, 9.17) is 5.73 Å². The maximum Gasteiger partial charge on any atom is 0.248 e. The van der Waals surface area contributed by atoms with Gasteiger partial charge in [-0.15, -0.1) is 0 Å². The summed E-state index contributed by atoms with van der Waals surface area (Å²) in [6.07, 6.45) is 5.33. The monoisotopic (exact) mass is 338 g/mol. The lowest BCUT2D eigenvalue weighted by molar-refractivity contribution is 0.1000. The van der Waals surface area contributed by atoms with E-state index in [1.54, 1.807) is 6.07 Å². The van der Waals surface area contributed by atoms with Gasteiger partial charge in [-0.05, 0) is 62.2 Å². The minimum absolute atomic E-state index is 0.378. The van der Waals surface area contributed by atoms with Gasteiger partial charge in [-0.3, -0.25) is 14.7 Å². The molecule has 1 aromatic heterocycles. The molecular weight excluding hydrogens is 312 g/mol. The molecule has 1 aliphatic heterocycles. The highest BCUT2D eigenvalue weighted by molar-refractivity contribution is 5.92. The van der Waals surface area contributed by atoms with Gasteiger partial charge in [0.1, 0.15) is 0 Å². The molecule has 0 radical (unpaired) electrons. The summed E-state index contributed by atoms with van der Waals surface area (Å²) in [6.45, 7) is 3.74. The molecule has 0 spiro atoms. The Hall–Kier alpha value is -2.24. The summed E-state index contributed by atoms with van der Waals surface area (Å²) in [7, 11) is 0. The maximum atomic E-state index is 11.5. The molecule has 3 rings (SSSR count). The number of hydrogen-bond acceptors (Lipinski definition) is 4. The third-order valence-corrected chi connectivity index (χ3v) is 4.75.